The third-order valence-corrected chi connectivity index (χ3v) is 4.09. The summed E-state index contributed by atoms with van der Waals surface area (Å²) < 4.78 is 1.79. The molecule has 1 saturated carbocycles. The molecule has 1 atom stereocenters. The highest BCUT2D eigenvalue weighted by atomic mass is 16.1. The molecule has 5 nitrogen and oxygen atoms in total. The standard InChI is InChI=1S/C14H19N3O2/c1-10(18)11-3-2-7-16(9-11)13-14(19)17(8-6-15-13)12-4-5-12/h6,8,11-12H,2-5,7,9H2,1H3. The van der Waals surface area contributed by atoms with Crippen molar-refractivity contribution in [2.75, 3.05) is 18.0 Å². The van der Waals surface area contributed by atoms with Gasteiger partial charge in [-0.3, -0.25) is 9.59 Å². The molecule has 1 aliphatic carbocycles. The number of carbonyl (C=O) groups excluding carboxylic acids is 1. The lowest BCUT2D eigenvalue weighted by Gasteiger charge is -2.32. The molecular formula is C14H19N3O2. The normalized spacial score (nSPS) is 23.4. The zero-order valence-electron chi connectivity index (χ0n) is 11.2. The van der Waals surface area contributed by atoms with Crippen molar-refractivity contribution in [3.63, 3.8) is 0 Å². The lowest BCUT2D eigenvalue weighted by atomic mass is 9.95. The third-order valence-electron chi connectivity index (χ3n) is 4.09. The van der Waals surface area contributed by atoms with Gasteiger partial charge in [0.05, 0.1) is 0 Å². The summed E-state index contributed by atoms with van der Waals surface area (Å²) in [4.78, 5) is 30.1. The fourth-order valence-corrected chi connectivity index (χ4v) is 2.77. The topological polar surface area (TPSA) is 55.2 Å². The number of rotatable bonds is 3. The van der Waals surface area contributed by atoms with Gasteiger partial charge in [-0.2, -0.15) is 0 Å². The van der Waals surface area contributed by atoms with E-state index >= 15 is 0 Å². The maximum Gasteiger partial charge on any atom is 0.293 e. The van der Waals surface area contributed by atoms with Crippen molar-refractivity contribution < 1.29 is 4.79 Å². The highest BCUT2D eigenvalue weighted by Crippen LogP contribution is 2.33. The number of carbonyl (C=O) groups is 1. The van der Waals surface area contributed by atoms with Gasteiger partial charge in [0.25, 0.3) is 5.56 Å². The number of hydrogen-bond acceptors (Lipinski definition) is 4. The Kier molecular flexibility index (Phi) is 3.12. The molecule has 1 unspecified atom stereocenters. The monoisotopic (exact) mass is 261 g/mol. The molecule has 3 rings (SSSR count). The summed E-state index contributed by atoms with van der Waals surface area (Å²) in [5.74, 6) is 0.771. The maximum atomic E-state index is 12.4. The number of Topliss-reactive ketones (excluding diaryl/α,β-unsaturated/α-hetero) is 1. The van der Waals surface area contributed by atoms with Gasteiger partial charge in [0.15, 0.2) is 5.82 Å². The van der Waals surface area contributed by atoms with Gasteiger partial charge in [-0.1, -0.05) is 0 Å². The molecule has 1 aromatic heterocycles. The van der Waals surface area contributed by atoms with Gasteiger partial charge >= 0.3 is 0 Å². The van der Waals surface area contributed by atoms with E-state index in [1.54, 1.807) is 23.9 Å². The molecule has 0 radical (unpaired) electrons. The molecule has 0 bridgehead atoms. The summed E-state index contributed by atoms with van der Waals surface area (Å²) in [6.45, 7) is 3.09. The van der Waals surface area contributed by atoms with Crippen LogP contribution in [0.5, 0.6) is 0 Å². The van der Waals surface area contributed by atoms with Crippen LogP contribution in [0.2, 0.25) is 0 Å². The highest BCUT2D eigenvalue weighted by Gasteiger charge is 2.29. The Hall–Kier alpha value is -1.65. The number of anilines is 1. The van der Waals surface area contributed by atoms with Gasteiger partial charge in [0, 0.05) is 37.4 Å². The molecule has 0 aromatic carbocycles. The van der Waals surface area contributed by atoms with Crippen molar-refractivity contribution in [2.45, 2.75) is 38.6 Å². The molecule has 102 valence electrons. The summed E-state index contributed by atoms with van der Waals surface area (Å²) in [5, 5.41) is 0. The van der Waals surface area contributed by atoms with Crippen molar-refractivity contribution in [3.05, 3.63) is 22.7 Å². The van der Waals surface area contributed by atoms with E-state index in [0.29, 0.717) is 18.4 Å². The Labute approximate surface area is 112 Å². The molecule has 0 N–H and O–H groups in total. The van der Waals surface area contributed by atoms with E-state index in [4.69, 9.17) is 0 Å². The molecule has 2 fully saturated rings. The van der Waals surface area contributed by atoms with Crippen LogP contribution in [-0.2, 0) is 4.79 Å². The number of piperidine rings is 1. The molecule has 1 aromatic rings. The fraction of sp³-hybridized carbons (Fsp3) is 0.643. The van der Waals surface area contributed by atoms with Crippen molar-refractivity contribution in [1.82, 2.24) is 9.55 Å². The Morgan fingerprint density at radius 2 is 2.16 bits per heavy atom. The first kappa shape index (κ1) is 12.4. The van der Waals surface area contributed by atoms with E-state index in [2.05, 4.69) is 4.98 Å². The van der Waals surface area contributed by atoms with E-state index in [1.807, 2.05) is 4.90 Å². The minimum atomic E-state index is -0.00537. The number of nitrogens with zero attached hydrogens (tertiary/aromatic N) is 3. The highest BCUT2D eigenvalue weighted by molar-refractivity contribution is 5.79. The Morgan fingerprint density at radius 1 is 1.37 bits per heavy atom. The quantitative estimate of drug-likeness (QED) is 0.825. The molecule has 0 amide bonds. The first-order chi connectivity index (χ1) is 9.16. The van der Waals surface area contributed by atoms with Crippen LogP contribution in [0.1, 0.15) is 38.6 Å². The second-order valence-corrected chi connectivity index (χ2v) is 5.59. The predicted molar refractivity (Wildman–Crippen MR) is 72.4 cm³/mol. The van der Waals surface area contributed by atoms with Crippen molar-refractivity contribution in [1.29, 1.82) is 0 Å². The Morgan fingerprint density at radius 3 is 2.84 bits per heavy atom. The largest absolute Gasteiger partial charge is 0.351 e. The van der Waals surface area contributed by atoms with Crippen molar-refractivity contribution in [3.8, 4) is 0 Å². The molecular weight excluding hydrogens is 242 g/mol. The molecule has 0 spiro atoms. The van der Waals surface area contributed by atoms with Crippen molar-refractivity contribution >= 4 is 11.6 Å². The summed E-state index contributed by atoms with van der Waals surface area (Å²) in [6.07, 6.45) is 7.51. The average Bonchev–Trinajstić information content (AvgIpc) is 3.23. The van der Waals surface area contributed by atoms with E-state index in [-0.39, 0.29) is 17.3 Å². The Balaban J connectivity index is 1.87. The van der Waals surface area contributed by atoms with E-state index in [0.717, 1.165) is 32.2 Å². The van der Waals surface area contributed by atoms with Crippen molar-refractivity contribution in [2.24, 2.45) is 5.92 Å². The minimum absolute atomic E-state index is 0.00537. The first-order valence-electron chi connectivity index (χ1n) is 6.99. The summed E-state index contributed by atoms with van der Waals surface area (Å²) >= 11 is 0. The average molecular weight is 261 g/mol. The fourth-order valence-electron chi connectivity index (χ4n) is 2.77. The second-order valence-electron chi connectivity index (χ2n) is 5.59. The van der Waals surface area contributed by atoms with Gasteiger partial charge in [-0.25, -0.2) is 4.98 Å². The molecule has 2 aliphatic rings. The van der Waals surface area contributed by atoms with Crippen LogP contribution in [0.15, 0.2) is 17.2 Å². The molecule has 5 heteroatoms. The molecule has 19 heavy (non-hydrogen) atoms. The summed E-state index contributed by atoms with van der Waals surface area (Å²) in [7, 11) is 0. The number of aromatic nitrogens is 2. The van der Waals surface area contributed by atoms with Crippen LogP contribution < -0.4 is 10.5 Å². The lowest BCUT2D eigenvalue weighted by Crippen LogP contribution is -2.42. The van der Waals surface area contributed by atoms with Crippen LogP contribution in [0.4, 0.5) is 5.82 Å². The third kappa shape index (κ3) is 2.41. The molecule has 1 saturated heterocycles. The number of hydrogen-bond donors (Lipinski definition) is 0. The number of ketones is 1. The zero-order chi connectivity index (χ0) is 13.4. The van der Waals surface area contributed by atoms with Gasteiger partial charge < -0.3 is 9.47 Å². The summed E-state index contributed by atoms with van der Waals surface area (Å²) in [6, 6.07) is 0.364. The van der Waals surface area contributed by atoms with Gasteiger partial charge in [-0.15, -0.1) is 0 Å². The van der Waals surface area contributed by atoms with E-state index < -0.39 is 0 Å². The minimum Gasteiger partial charge on any atom is -0.351 e. The Bertz CT molecular complexity index is 548. The smallest absolute Gasteiger partial charge is 0.293 e. The maximum absolute atomic E-state index is 12.4. The van der Waals surface area contributed by atoms with Gasteiger partial charge in [0.2, 0.25) is 0 Å². The molecule has 2 heterocycles. The van der Waals surface area contributed by atoms with Gasteiger partial charge in [-0.05, 0) is 32.6 Å². The van der Waals surface area contributed by atoms with Crippen LogP contribution in [0.3, 0.4) is 0 Å². The van der Waals surface area contributed by atoms with Crippen LogP contribution in [-0.4, -0.2) is 28.4 Å². The van der Waals surface area contributed by atoms with E-state index in [9.17, 15) is 9.59 Å². The SMILES string of the molecule is CC(=O)C1CCCN(c2nccn(C3CC3)c2=O)C1. The van der Waals surface area contributed by atoms with Gasteiger partial charge in [0.1, 0.15) is 5.78 Å². The van der Waals surface area contributed by atoms with Crippen LogP contribution in [0, 0.1) is 5.92 Å². The van der Waals surface area contributed by atoms with E-state index in [1.165, 1.54) is 0 Å². The molecule has 1 aliphatic heterocycles. The van der Waals surface area contributed by atoms with Crippen LogP contribution in [0.25, 0.3) is 0 Å². The van der Waals surface area contributed by atoms with Crippen LogP contribution >= 0.6 is 0 Å². The summed E-state index contributed by atoms with van der Waals surface area (Å²) in [5.41, 5.74) is -0.00537. The first-order valence-corrected chi connectivity index (χ1v) is 6.99. The zero-order valence-corrected chi connectivity index (χ0v) is 11.2. The lowest BCUT2D eigenvalue weighted by molar-refractivity contribution is -0.120. The predicted octanol–water partition coefficient (Wildman–Crippen LogP) is 1.38. The second kappa shape index (κ2) is 4.79.